The van der Waals surface area contributed by atoms with E-state index in [1.54, 1.807) is 0 Å². The summed E-state index contributed by atoms with van der Waals surface area (Å²) in [6.07, 6.45) is 0. The van der Waals surface area contributed by atoms with Gasteiger partial charge in [-0.3, -0.25) is 4.79 Å². The first-order valence-electron chi connectivity index (χ1n) is 10.1. The summed E-state index contributed by atoms with van der Waals surface area (Å²) in [6, 6.07) is 11.8. The first-order valence-corrected chi connectivity index (χ1v) is 10.5. The van der Waals surface area contributed by atoms with Gasteiger partial charge in [-0.05, 0) is 67.4 Å². The third-order valence-electron chi connectivity index (χ3n) is 5.29. The fourth-order valence-electron chi connectivity index (χ4n) is 3.41. The predicted molar refractivity (Wildman–Crippen MR) is 121 cm³/mol. The average molecular weight is 416 g/mol. The number of ether oxygens (including phenoxy) is 1. The third-order valence-corrected chi connectivity index (χ3v) is 5.70. The molecule has 2 aromatic carbocycles. The number of halogens is 1. The van der Waals surface area contributed by atoms with Crippen LogP contribution in [0, 0.1) is 6.92 Å². The van der Waals surface area contributed by atoms with E-state index in [4.69, 9.17) is 16.3 Å². The highest BCUT2D eigenvalue weighted by Gasteiger charge is 2.15. The molecule has 0 spiro atoms. The third kappa shape index (κ3) is 5.64. The minimum Gasteiger partial charge on any atom is -0.483 e. The van der Waals surface area contributed by atoms with Crippen molar-refractivity contribution in [1.29, 1.82) is 0 Å². The fraction of sp³-hybridized carbons (Fsp3) is 0.435. The van der Waals surface area contributed by atoms with Crippen molar-refractivity contribution in [3.05, 3.63) is 52.5 Å². The Morgan fingerprint density at radius 1 is 1.14 bits per heavy atom. The van der Waals surface area contributed by atoms with Crippen molar-refractivity contribution in [1.82, 2.24) is 4.90 Å². The van der Waals surface area contributed by atoms with Crippen LogP contribution in [0.25, 0.3) is 0 Å². The molecule has 0 aromatic heterocycles. The number of aryl methyl sites for hydroxylation is 1. The van der Waals surface area contributed by atoms with Gasteiger partial charge >= 0.3 is 0 Å². The van der Waals surface area contributed by atoms with Gasteiger partial charge in [0.05, 0.1) is 0 Å². The van der Waals surface area contributed by atoms with Crippen molar-refractivity contribution in [2.75, 3.05) is 50.1 Å². The Balaban J connectivity index is 1.57. The van der Waals surface area contributed by atoms with Gasteiger partial charge in [0.1, 0.15) is 5.75 Å². The lowest BCUT2D eigenvalue weighted by molar-refractivity contribution is -0.118. The maximum absolute atomic E-state index is 12.4. The number of hydrogen-bond acceptors (Lipinski definition) is 4. The number of amides is 1. The minimum atomic E-state index is -0.181. The highest BCUT2D eigenvalue weighted by atomic mass is 35.5. The number of rotatable bonds is 6. The molecular weight excluding hydrogens is 386 g/mol. The second kappa shape index (κ2) is 9.51. The molecule has 6 heteroatoms. The van der Waals surface area contributed by atoms with Gasteiger partial charge in [0.2, 0.25) is 0 Å². The normalized spacial score (nSPS) is 14.9. The molecule has 1 fully saturated rings. The number of hydrogen-bond donors (Lipinski definition) is 1. The SMILES string of the molecule is Cc1cc(OCC(=O)Nc2ccc(N3CCN(C)CC3)cc2)c(C(C)C)cc1Cl. The predicted octanol–water partition coefficient (Wildman–Crippen LogP) is 4.54. The van der Waals surface area contributed by atoms with E-state index < -0.39 is 0 Å². The Bertz CT molecular complexity index is 844. The summed E-state index contributed by atoms with van der Waals surface area (Å²) in [7, 11) is 2.15. The minimum absolute atomic E-state index is 0.0407. The smallest absolute Gasteiger partial charge is 0.262 e. The molecule has 29 heavy (non-hydrogen) atoms. The van der Waals surface area contributed by atoms with Crippen LogP contribution in [0.5, 0.6) is 5.75 Å². The van der Waals surface area contributed by atoms with Gasteiger partial charge in [0.25, 0.3) is 5.91 Å². The summed E-state index contributed by atoms with van der Waals surface area (Å²) in [5.41, 5.74) is 3.90. The van der Waals surface area contributed by atoms with Crippen molar-refractivity contribution in [2.24, 2.45) is 0 Å². The van der Waals surface area contributed by atoms with Crippen LogP contribution in [-0.4, -0.2) is 50.6 Å². The van der Waals surface area contributed by atoms with Crippen molar-refractivity contribution in [2.45, 2.75) is 26.7 Å². The summed E-state index contributed by atoms with van der Waals surface area (Å²) in [4.78, 5) is 17.1. The zero-order chi connectivity index (χ0) is 21.0. The number of nitrogens with one attached hydrogen (secondary N) is 1. The molecule has 0 aliphatic carbocycles. The molecule has 0 atom stereocenters. The number of piperazine rings is 1. The zero-order valence-electron chi connectivity index (χ0n) is 17.7. The van der Waals surface area contributed by atoms with E-state index in [1.807, 2.05) is 31.2 Å². The van der Waals surface area contributed by atoms with Crippen LogP contribution in [0.15, 0.2) is 36.4 Å². The number of carbonyl (C=O) groups excluding carboxylic acids is 1. The van der Waals surface area contributed by atoms with E-state index in [0.29, 0.717) is 10.8 Å². The number of benzene rings is 2. The van der Waals surface area contributed by atoms with Gasteiger partial charge in [-0.1, -0.05) is 25.4 Å². The number of likely N-dealkylation sites (N-methyl/N-ethyl adjacent to an activating group) is 1. The highest BCUT2D eigenvalue weighted by Crippen LogP contribution is 2.32. The molecular formula is C23H30ClN3O2. The van der Waals surface area contributed by atoms with Crippen LogP contribution in [-0.2, 0) is 4.79 Å². The molecule has 1 N–H and O–H groups in total. The van der Waals surface area contributed by atoms with Crippen molar-refractivity contribution < 1.29 is 9.53 Å². The van der Waals surface area contributed by atoms with Gasteiger partial charge in [0.15, 0.2) is 6.61 Å². The Morgan fingerprint density at radius 2 is 1.79 bits per heavy atom. The lowest BCUT2D eigenvalue weighted by Gasteiger charge is -2.34. The van der Waals surface area contributed by atoms with Crippen molar-refractivity contribution >= 4 is 28.9 Å². The molecule has 1 aliphatic rings. The van der Waals surface area contributed by atoms with E-state index in [-0.39, 0.29) is 18.4 Å². The monoisotopic (exact) mass is 415 g/mol. The van der Waals surface area contributed by atoms with Gasteiger partial charge in [-0.2, -0.15) is 0 Å². The van der Waals surface area contributed by atoms with Gasteiger partial charge < -0.3 is 19.9 Å². The summed E-state index contributed by atoms with van der Waals surface area (Å²) >= 11 is 6.24. The molecule has 156 valence electrons. The van der Waals surface area contributed by atoms with E-state index in [2.05, 4.69) is 48.1 Å². The van der Waals surface area contributed by atoms with Gasteiger partial charge in [-0.15, -0.1) is 0 Å². The second-order valence-electron chi connectivity index (χ2n) is 7.97. The van der Waals surface area contributed by atoms with Crippen LogP contribution in [0.1, 0.15) is 30.9 Å². The van der Waals surface area contributed by atoms with E-state index in [1.165, 1.54) is 5.69 Å². The fourth-order valence-corrected chi connectivity index (χ4v) is 3.58. The van der Waals surface area contributed by atoms with Crippen LogP contribution >= 0.6 is 11.6 Å². The summed E-state index contributed by atoms with van der Waals surface area (Å²) in [6.45, 7) is 10.2. The Morgan fingerprint density at radius 3 is 2.41 bits per heavy atom. The number of nitrogens with zero attached hydrogens (tertiary/aromatic N) is 2. The van der Waals surface area contributed by atoms with Crippen LogP contribution in [0.4, 0.5) is 11.4 Å². The second-order valence-corrected chi connectivity index (χ2v) is 8.38. The molecule has 1 saturated heterocycles. The first kappa shape index (κ1) is 21.5. The molecule has 0 unspecified atom stereocenters. The largest absolute Gasteiger partial charge is 0.483 e. The standard InChI is InChI=1S/C23H30ClN3O2/c1-16(2)20-14-21(24)17(3)13-22(20)29-15-23(28)25-18-5-7-19(8-6-18)27-11-9-26(4)10-12-27/h5-8,13-14,16H,9-12,15H2,1-4H3,(H,25,28). The maximum atomic E-state index is 12.4. The number of anilines is 2. The Kier molecular flexibility index (Phi) is 7.04. The van der Waals surface area contributed by atoms with E-state index >= 15 is 0 Å². The van der Waals surface area contributed by atoms with Crippen LogP contribution in [0.3, 0.4) is 0 Å². The summed E-state index contributed by atoms with van der Waals surface area (Å²) < 4.78 is 5.81. The van der Waals surface area contributed by atoms with Crippen LogP contribution in [0.2, 0.25) is 5.02 Å². The molecule has 0 bridgehead atoms. The highest BCUT2D eigenvalue weighted by molar-refractivity contribution is 6.31. The molecule has 1 aliphatic heterocycles. The molecule has 5 nitrogen and oxygen atoms in total. The Hall–Kier alpha value is -2.24. The summed E-state index contributed by atoms with van der Waals surface area (Å²) in [5, 5.41) is 3.62. The van der Waals surface area contributed by atoms with Crippen LogP contribution < -0.4 is 15.0 Å². The lowest BCUT2D eigenvalue weighted by Crippen LogP contribution is -2.44. The number of carbonyl (C=O) groups is 1. The maximum Gasteiger partial charge on any atom is 0.262 e. The topological polar surface area (TPSA) is 44.8 Å². The first-order chi connectivity index (χ1) is 13.8. The van der Waals surface area contributed by atoms with E-state index in [9.17, 15) is 4.79 Å². The average Bonchev–Trinajstić information content (AvgIpc) is 2.69. The molecule has 0 saturated carbocycles. The molecule has 1 heterocycles. The van der Waals surface area contributed by atoms with Crippen molar-refractivity contribution in [3.8, 4) is 5.75 Å². The summed E-state index contributed by atoms with van der Waals surface area (Å²) in [5.74, 6) is 0.787. The molecule has 0 radical (unpaired) electrons. The molecule has 2 aromatic rings. The van der Waals surface area contributed by atoms with Gasteiger partial charge in [0, 0.05) is 42.6 Å². The van der Waals surface area contributed by atoms with Gasteiger partial charge in [-0.25, -0.2) is 0 Å². The quantitative estimate of drug-likeness (QED) is 0.752. The van der Waals surface area contributed by atoms with E-state index in [0.717, 1.165) is 43.0 Å². The Labute approximate surface area is 178 Å². The molecule has 3 rings (SSSR count). The van der Waals surface area contributed by atoms with Crippen molar-refractivity contribution in [3.63, 3.8) is 0 Å². The zero-order valence-corrected chi connectivity index (χ0v) is 18.4. The molecule has 1 amide bonds. The lowest BCUT2D eigenvalue weighted by atomic mass is 10.0.